The number of hydrogen-bond acceptors (Lipinski definition) is 8. The number of piperazine rings is 1. The Labute approximate surface area is 194 Å². The van der Waals surface area contributed by atoms with E-state index in [0.29, 0.717) is 6.42 Å². The number of carbonyl (C=O) groups excluding carboxylic acids is 1. The van der Waals surface area contributed by atoms with Gasteiger partial charge in [-0.25, -0.2) is 4.98 Å². The van der Waals surface area contributed by atoms with Crippen molar-refractivity contribution in [3.63, 3.8) is 0 Å². The number of anilines is 1. The van der Waals surface area contributed by atoms with E-state index < -0.39 is 0 Å². The monoisotopic (exact) mass is 448 g/mol. The molecule has 1 fully saturated rings. The highest BCUT2D eigenvalue weighted by Gasteiger charge is 2.22. The number of hydrogen-bond donors (Lipinski definition) is 3. The van der Waals surface area contributed by atoms with Gasteiger partial charge >= 0.3 is 0 Å². The molecule has 33 heavy (non-hydrogen) atoms. The highest BCUT2D eigenvalue weighted by molar-refractivity contribution is 5.93. The van der Waals surface area contributed by atoms with Crippen molar-refractivity contribution >= 4 is 22.4 Å². The number of ether oxygens (including phenoxy) is 1. The average molecular weight is 449 g/mol. The van der Waals surface area contributed by atoms with Crippen molar-refractivity contribution in [1.82, 2.24) is 25.8 Å². The van der Waals surface area contributed by atoms with Crippen LogP contribution >= 0.6 is 0 Å². The molecule has 1 saturated heterocycles. The minimum atomic E-state index is -0.0304. The number of carbonyl (C=O) groups is 1. The third kappa shape index (κ3) is 4.96. The Hall–Kier alpha value is -3.10. The molecule has 3 heterocycles. The molecule has 174 valence electrons. The SMILES string of the molecule is COc1ccc2ccnc(N3CCN(CCCNC4NC=C5CCC(=O)C=C5N4)CC3)c2c1. The summed E-state index contributed by atoms with van der Waals surface area (Å²) in [7, 11) is 1.70. The number of fused-ring (bicyclic) bond motifs is 2. The lowest BCUT2D eigenvalue weighted by molar-refractivity contribution is -0.114. The fourth-order valence-electron chi connectivity index (χ4n) is 4.74. The summed E-state index contributed by atoms with van der Waals surface area (Å²) in [4.78, 5) is 21.3. The van der Waals surface area contributed by atoms with Gasteiger partial charge in [0.05, 0.1) is 7.11 Å². The van der Waals surface area contributed by atoms with Crippen LogP contribution in [0.4, 0.5) is 5.82 Å². The van der Waals surface area contributed by atoms with Crippen LogP contribution in [0.15, 0.2) is 54.0 Å². The van der Waals surface area contributed by atoms with Crippen LogP contribution in [0.3, 0.4) is 0 Å². The number of aromatic nitrogens is 1. The number of methoxy groups -OCH3 is 1. The molecule has 1 unspecified atom stereocenters. The van der Waals surface area contributed by atoms with E-state index in [-0.39, 0.29) is 12.1 Å². The lowest BCUT2D eigenvalue weighted by atomic mass is 9.97. The van der Waals surface area contributed by atoms with E-state index in [1.54, 1.807) is 13.2 Å². The lowest BCUT2D eigenvalue weighted by Crippen LogP contribution is -2.54. The van der Waals surface area contributed by atoms with Gasteiger partial charge in [-0.3, -0.25) is 15.0 Å². The molecule has 2 aromatic rings. The fraction of sp³-hybridized carbons (Fsp3) is 0.440. The highest BCUT2D eigenvalue weighted by Crippen LogP contribution is 2.28. The first-order valence-corrected chi connectivity index (χ1v) is 11.8. The van der Waals surface area contributed by atoms with Gasteiger partial charge in [0.25, 0.3) is 0 Å². The second-order valence-corrected chi connectivity index (χ2v) is 8.80. The summed E-state index contributed by atoms with van der Waals surface area (Å²) in [6.45, 7) is 5.97. The summed E-state index contributed by atoms with van der Waals surface area (Å²) in [5.41, 5.74) is 2.14. The molecule has 3 N–H and O–H groups in total. The molecule has 5 rings (SSSR count). The number of rotatable bonds is 7. The van der Waals surface area contributed by atoms with Crippen molar-refractivity contribution in [3.8, 4) is 5.75 Å². The first-order valence-electron chi connectivity index (χ1n) is 11.8. The maximum absolute atomic E-state index is 11.7. The largest absolute Gasteiger partial charge is 0.497 e. The van der Waals surface area contributed by atoms with Gasteiger partial charge in [0.2, 0.25) is 0 Å². The lowest BCUT2D eigenvalue weighted by Gasteiger charge is -2.36. The van der Waals surface area contributed by atoms with E-state index >= 15 is 0 Å². The first kappa shape index (κ1) is 21.7. The van der Waals surface area contributed by atoms with Crippen molar-refractivity contribution in [2.45, 2.75) is 25.6 Å². The van der Waals surface area contributed by atoms with Crippen molar-refractivity contribution in [3.05, 3.63) is 54.0 Å². The number of nitrogens with zero attached hydrogens (tertiary/aromatic N) is 3. The fourth-order valence-corrected chi connectivity index (χ4v) is 4.74. The van der Waals surface area contributed by atoms with E-state index in [0.717, 1.165) is 74.8 Å². The van der Waals surface area contributed by atoms with Crippen molar-refractivity contribution in [1.29, 1.82) is 0 Å². The second kappa shape index (κ2) is 9.80. The Bertz CT molecular complexity index is 1070. The van der Waals surface area contributed by atoms with E-state index in [1.807, 2.05) is 18.5 Å². The summed E-state index contributed by atoms with van der Waals surface area (Å²) < 4.78 is 5.42. The van der Waals surface area contributed by atoms with Gasteiger partial charge in [-0.15, -0.1) is 0 Å². The molecule has 1 atom stereocenters. The third-order valence-electron chi connectivity index (χ3n) is 6.64. The van der Waals surface area contributed by atoms with Gasteiger partial charge in [-0.05, 0) is 55.1 Å². The molecule has 3 aliphatic rings. The zero-order valence-corrected chi connectivity index (χ0v) is 19.1. The van der Waals surface area contributed by atoms with Crippen molar-refractivity contribution in [2.75, 3.05) is 51.3 Å². The molecule has 0 amide bonds. The summed E-state index contributed by atoms with van der Waals surface area (Å²) >= 11 is 0. The molecule has 8 heteroatoms. The summed E-state index contributed by atoms with van der Waals surface area (Å²) in [6, 6.07) is 8.23. The topological polar surface area (TPSA) is 81.8 Å². The standard InChI is InChI=1S/C25H32N6O2/c1-33-21-6-4-18-7-9-26-24(22(18)16-21)31-13-11-30(12-14-31)10-2-8-27-25-28-17-19-3-5-20(32)15-23(19)29-25/h4,6-7,9,15-17,25,27-29H,2-3,5,8,10-14H2,1H3. The zero-order valence-electron chi connectivity index (χ0n) is 19.1. The van der Waals surface area contributed by atoms with Crippen LogP contribution < -0.4 is 25.6 Å². The highest BCUT2D eigenvalue weighted by atomic mass is 16.5. The van der Waals surface area contributed by atoms with Crippen molar-refractivity contribution < 1.29 is 9.53 Å². The Morgan fingerprint density at radius 3 is 2.91 bits per heavy atom. The van der Waals surface area contributed by atoms with E-state index in [4.69, 9.17) is 4.74 Å². The van der Waals surface area contributed by atoms with Crippen LogP contribution in [0.2, 0.25) is 0 Å². The number of pyridine rings is 1. The normalized spacial score (nSPS) is 21.1. The quantitative estimate of drug-likeness (QED) is 0.555. The van der Waals surface area contributed by atoms with Gasteiger partial charge in [0.1, 0.15) is 11.6 Å². The van der Waals surface area contributed by atoms with E-state index in [9.17, 15) is 4.79 Å². The molecule has 0 saturated carbocycles. The van der Waals surface area contributed by atoms with E-state index in [1.165, 1.54) is 11.0 Å². The number of allylic oxidation sites excluding steroid dienone is 2. The predicted octanol–water partition coefficient (Wildman–Crippen LogP) is 1.95. The Morgan fingerprint density at radius 1 is 1.18 bits per heavy atom. The maximum atomic E-state index is 11.7. The number of benzene rings is 1. The van der Waals surface area contributed by atoms with Crippen LogP contribution in [0, 0.1) is 0 Å². The summed E-state index contributed by atoms with van der Waals surface area (Å²) in [5.74, 6) is 2.11. The Kier molecular flexibility index (Phi) is 6.46. The molecule has 0 bridgehead atoms. The van der Waals surface area contributed by atoms with Gasteiger partial charge in [0, 0.05) is 62.2 Å². The molecule has 1 aromatic carbocycles. The van der Waals surface area contributed by atoms with Gasteiger partial charge in [-0.2, -0.15) is 0 Å². The molecular formula is C25H32N6O2. The van der Waals surface area contributed by atoms with Gasteiger partial charge in [0.15, 0.2) is 12.1 Å². The zero-order chi connectivity index (χ0) is 22.6. The third-order valence-corrected chi connectivity index (χ3v) is 6.64. The summed E-state index contributed by atoms with van der Waals surface area (Å²) in [5, 5.41) is 12.6. The Balaban J connectivity index is 1.08. The summed E-state index contributed by atoms with van der Waals surface area (Å²) in [6.07, 6.45) is 8.11. The van der Waals surface area contributed by atoms with E-state index in [2.05, 4.69) is 48.9 Å². The molecule has 2 aliphatic heterocycles. The van der Waals surface area contributed by atoms with Crippen molar-refractivity contribution in [2.24, 2.45) is 0 Å². The Morgan fingerprint density at radius 2 is 2.06 bits per heavy atom. The van der Waals surface area contributed by atoms with Crippen LogP contribution in [0.1, 0.15) is 19.3 Å². The minimum Gasteiger partial charge on any atom is -0.497 e. The van der Waals surface area contributed by atoms with Crippen LogP contribution in [0.5, 0.6) is 5.75 Å². The first-order chi connectivity index (χ1) is 16.2. The smallest absolute Gasteiger partial charge is 0.158 e. The predicted molar refractivity (Wildman–Crippen MR) is 130 cm³/mol. The number of ketones is 1. The maximum Gasteiger partial charge on any atom is 0.158 e. The second-order valence-electron chi connectivity index (χ2n) is 8.80. The molecule has 0 spiro atoms. The molecule has 8 nitrogen and oxygen atoms in total. The van der Waals surface area contributed by atoms with Crippen LogP contribution in [-0.4, -0.2) is 68.3 Å². The number of nitrogens with one attached hydrogen (secondary N) is 3. The van der Waals surface area contributed by atoms with Crippen LogP contribution in [-0.2, 0) is 4.79 Å². The van der Waals surface area contributed by atoms with Gasteiger partial charge in [-0.1, -0.05) is 6.07 Å². The molecule has 0 radical (unpaired) electrons. The molecule has 1 aromatic heterocycles. The molecular weight excluding hydrogens is 416 g/mol. The average Bonchev–Trinajstić information content (AvgIpc) is 2.86. The van der Waals surface area contributed by atoms with Gasteiger partial charge < -0.3 is 20.3 Å². The van der Waals surface area contributed by atoms with Crippen LogP contribution in [0.25, 0.3) is 10.8 Å². The molecule has 1 aliphatic carbocycles. The minimum absolute atomic E-state index is 0.0304.